The van der Waals surface area contributed by atoms with Gasteiger partial charge in [0.05, 0.1) is 22.6 Å². The van der Waals surface area contributed by atoms with E-state index in [2.05, 4.69) is 20.4 Å². The molecule has 0 spiro atoms. The summed E-state index contributed by atoms with van der Waals surface area (Å²) in [7, 11) is 0. The Labute approximate surface area is 151 Å². The number of phenols is 1. The first kappa shape index (κ1) is 16.8. The lowest BCUT2D eigenvalue weighted by atomic mass is 9.86. The molecule has 8 heteroatoms. The number of fused-ring (bicyclic) bond motifs is 1. The van der Waals surface area contributed by atoms with Crippen molar-refractivity contribution >= 4 is 10.8 Å². The van der Waals surface area contributed by atoms with Crippen LogP contribution in [0.4, 0.5) is 4.39 Å². The van der Waals surface area contributed by atoms with Crippen molar-refractivity contribution in [3.63, 3.8) is 0 Å². The lowest BCUT2D eigenvalue weighted by Gasteiger charge is -2.19. The summed E-state index contributed by atoms with van der Waals surface area (Å²) in [4.78, 5) is 24.6. The third-order valence-electron chi connectivity index (χ3n) is 4.60. The SMILES string of the molecule is Cc1[nH][nH]c(=O)c1C(c1cc(F)ccc1O)c1n[nH]c(=O)c2ccccc12. The van der Waals surface area contributed by atoms with Crippen LogP contribution in [0.15, 0.2) is 52.1 Å². The van der Waals surface area contributed by atoms with Crippen molar-refractivity contribution in [3.05, 3.63) is 91.5 Å². The molecule has 2 heterocycles. The molecule has 0 aliphatic rings. The monoisotopic (exact) mass is 366 g/mol. The Morgan fingerprint density at radius 1 is 1.04 bits per heavy atom. The Balaban J connectivity index is 2.13. The standard InChI is InChI=1S/C19H15FN4O3/c1-9-15(19(27)24-21-9)16(13-8-10(20)6-7-14(13)25)17-11-4-2-3-5-12(11)18(26)23-22-17/h2-8,16,25H,1H3,(H,23,26)(H2,21,24,27). The van der Waals surface area contributed by atoms with Crippen LogP contribution in [0.25, 0.3) is 10.8 Å². The fraction of sp³-hybridized carbons (Fsp3) is 0.105. The van der Waals surface area contributed by atoms with Crippen LogP contribution in [0.2, 0.25) is 0 Å². The Morgan fingerprint density at radius 2 is 1.78 bits per heavy atom. The number of aromatic amines is 3. The van der Waals surface area contributed by atoms with Gasteiger partial charge in [-0.05, 0) is 31.2 Å². The first-order valence-corrected chi connectivity index (χ1v) is 8.20. The summed E-state index contributed by atoms with van der Waals surface area (Å²) >= 11 is 0. The van der Waals surface area contributed by atoms with E-state index in [1.165, 1.54) is 6.07 Å². The number of aryl methyl sites for hydroxylation is 1. The highest BCUT2D eigenvalue weighted by Gasteiger charge is 2.29. The van der Waals surface area contributed by atoms with Gasteiger partial charge in [0.15, 0.2) is 0 Å². The Bertz CT molecular complexity index is 1270. The van der Waals surface area contributed by atoms with Crippen molar-refractivity contribution in [2.45, 2.75) is 12.8 Å². The Morgan fingerprint density at radius 3 is 2.48 bits per heavy atom. The number of H-pyrrole nitrogens is 3. The summed E-state index contributed by atoms with van der Waals surface area (Å²) in [6, 6.07) is 10.3. The van der Waals surface area contributed by atoms with Crippen LogP contribution in [0.3, 0.4) is 0 Å². The highest BCUT2D eigenvalue weighted by atomic mass is 19.1. The molecular weight excluding hydrogens is 351 g/mol. The van der Waals surface area contributed by atoms with E-state index in [4.69, 9.17) is 0 Å². The maximum atomic E-state index is 14.0. The van der Waals surface area contributed by atoms with Crippen LogP contribution >= 0.6 is 0 Å². The zero-order valence-corrected chi connectivity index (χ0v) is 14.2. The molecule has 136 valence electrons. The summed E-state index contributed by atoms with van der Waals surface area (Å²) in [6.07, 6.45) is 0. The molecular formula is C19H15FN4O3. The highest BCUT2D eigenvalue weighted by molar-refractivity contribution is 5.85. The van der Waals surface area contributed by atoms with E-state index in [0.29, 0.717) is 22.2 Å². The van der Waals surface area contributed by atoms with Gasteiger partial charge < -0.3 is 10.2 Å². The van der Waals surface area contributed by atoms with Crippen LogP contribution in [0, 0.1) is 12.7 Å². The number of nitrogens with one attached hydrogen (secondary N) is 3. The molecule has 4 N–H and O–H groups in total. The van der Waals surface area contributed by atoms with E-state index in [-0.39, 0.29) is 22.4 Å². The third kappa shape index (κ3) is 2.71. The first-order chi connectivity index (χ1) is 13.0. The number of nitrogens with zero attached hydrogens (tertiary/aromatic N) is 1. The number of halogens is 1. The van der Waals surface area contributed by atoms with Crippen molar-refractivity contribution in [2.75, 3.05) is 0 Å². The summed E-state index contributed by atoms with van der Waals surface area (Å²) in [5.74, 6) is -1.64. The molecule has 0 radical (unpaired) electrons. The molecule has 0 bridgehead atoms. The molecule has 0 fully saturated rings. The van der Waals surface area contributed by atoms with Crippen LogP contribution in [-0.2, 0) is 0 Å². The van der Waals surface area contributed by atoms with Crippen LogP contribution in [-0.4, -0.2) is 25.5 Å². The molecule has 0 saturated carbocycles. The van der Waals surface area contributed by atoms with Gasteiger partial charge in [-0.15, -0.1) is 0 Å². The highest BCUT2D eigenvalue weighted by Crippen LogP contribution is 2.37. The molecule has 0 aliphatic heterocycles. The topological polar surface area (TPSA) is 115 Å². The summed E-state index contributed by atoms with van der Waals surface area (Å²) < 4.78 is 14.0. The van der Waals surface area contributed by atoms with Gasteiger partial charge in [-0.3, -0.25) is 14.7 Å². The quantitative estimate of drug-likeness (QED) is 0.445. The second kappa shape index (κ2) is 6.24. The van der Waals surface area contributed by atoms with Crippen LogP contribution in [0.1, 0.15) is 28.4 Å². The number of aromatic hydroxyl groups is 1. The normalized spacial score (nSPS) is 12.4. The van der Waals surface area contributed by atoms with E-state index >= 15 is 0 Å². The van der Waals surface area contributed by atoms with Crippen molar-refractivity contribution in [1.29, 1.82) is 0 Å². The second-order valence-electron chi connectivity index (χ2n) is 6.24. The predicted molar refractivity (Wildman–Crippen MR) is 97.5 cm³/mol. The van der Waals surface area contributed by atoms with E-state index in [9.17, 15) is 19.1 Å². The minimum atomic E-state index is -0.891. The molecule has 2 aromatic heterocycles. The molecule has 0 aliphatic carbocycles. The number of rotatable bonds is 3. The molecule has 4 rings (SSSR count). The smallest absolute Gasteiger partial charge is 0.272 e. The third-order valence-corrected chi connectivity index (χ3v) is 4.60. The average Bonchev–Trinajstić information content (AvgIpc) is 2.99. The van der Waals surface area contributed by atoms with E-state index in [1.54, 1.807) is 31.2 Å². The Kier molecular flexibility index (Phi) is 3.88. The van der Waals surface area contributed by atoms with Gasteiger partial charge in [-0.1, -0.05) is 18.2 Å². The molecule has 1 unspecified atom stereocenters. The molecule has 4 aromatic rings. The number of hydrogen-bond donors (Lipinski definition) is 4. The van der Waals surface area contributed by atoms with Crippen molar-refractivity contribution < 1.29 is 9.50 Å². The lowest BCUT2D eigenvalue weighted by molar-refractivity contribution is 0.464. The molecule has 0 amide bonds. The number of hydrogen-bond acceptors (Lipinski definition) is 4. The largest absolute Gasteiger partial charge is 0.508 e. The molecule has 2 aromatic carbocycles. The maximum Gasteiger partial charge on any atom is 0.272 e. The number of aromatic nitrogens is 4. The fourth-order valence-electron chi connectivity index (χ4n) is 3.36. The lowest BCUT2D eigenvalue weighted by Crippen LogP contribution is -2.19. The molecule has 7 nitrogen and oxygen atoms in total. The molecule has 0 saturated heterocycles. The molecule has 27 heavy (non-hydrogen) atoms. The Hall–Kier alpha value is -3.68. The second-order valence-corrected chi connectivity index (χ2v) is 6.24. The van der Waals surface area contributed by atoms with Gasteiger partial charge in [0, 0.05) is 16.6 Å². The van der Waals surface area contributed by atoms with Crippen molar-refractivity contribution in [2.24, 2.45) is 0 Å². The summed E-state index contributed by atoms with van der Waals surface area (Å²) in [5.41, 5.74) is 0.507. The fourth-order valence-corrected chi connectivity index (χ4v) is 3.36. The van der Waals surface area contributed by atoms with Gasteiger partial charge in [0.1, 0.15) is 11.6 Å². The van der Waals surface area contributed by atoms with Crippen molar-refractivity contribution in [1.82, 2.24) is 20.4 Å². The van der Waals surface area contributed by atoms with Gasteiger partial charge in [-0.25, -0.2) is 9.49 Å². The minimum absolute atomic E-state index is 0.174. The first-order valence-electron chi connectivity index (χ1n) is 8.20. The van der Waals surface area contributed by atoms with Crippen LogP contribution < -0.4 is 11.1 Å². The van der Waals surface area contributed by atoms with Crippen molar-refractivity contribution in [3.8, 4) is 5.75 Å². The van der Waals surface area contributed by atoms with Gasteiger partial charge in [0.25, 0.3) is 11.1 Å². The van der Waals surface area contributed by atoms with Gasteiger partial charge in [-0.2, -0.15) is 5.10 Å². The zero-order valence-electron chi connectivity index (χ0n) is 14.2. The zero-order chi connectivity index (χ0) is 19.1. The van der Waals surface area contributed by atoms with E-state index in [1.807, 2.05) is 0 Å². The van der Waals surface area contributed by atoms with Gasteiger partial charge >= 0.3 is 0 Å². The summed E-state index contributed by atoms with van der Waals surface area (Å²) in [5, 5.41) is 23.1. The minimum Gasteiger partial charge on any atom is -0.508 e. The summed E-state index contributed by atoms with van der Waals surface area (Å²) in [6.45, 7) is 1.68. The average molecular weight is 366 g/mol. The maximum absolute atomic E-state index is 14.0. The number of phenolic OH excluding ortho intramolecular Hbond substituents is 1. The molecule has 1 atom stereocenters. The van der Waals surface area contributed by atoms with E-state index < -0.39 is 17.3 Å². The van der Waals surface area contributed by atoms with Gasteiger partial charge in [0.2, 0.25) is 0 Å². The number of benzene rings is 2. The van der Waals surface area contributed by atoms with E-state index in [0.717, 1.165) is 12.1 Å². The predicted octanol–water partition coefficient (Wildman–Crippen LogP) is 2.27. The van der Waals surface area contributed by atoms with Crippen LogP contribution in [0.5, 0.6) is 5.75 Å².